The van der Waals surface area contributed by atoms with Gasteiger partial charge in [-0.05, 0) is 47.9 Å². The van der Waals surface area contributed by atoms with Gasteiger partial charge in [-0.15, -0.1) is 0 Å². The summed E-state index contributed by atoms with van der Waals surface area (Å²) in [6, 6.07) is 14.8. The Labute approximate surface area is 148 Å². The molecule has 2 aromatic carbocycles. The standard InChI is InChI=1S/C20H24N2O3/c1-14(2)16-5-7-17(8-6-16)21-20(24)13-22(15(3)23)18-9-11-19(25-4)12-10-18/h5-12,14H,13H2,1-4H3,(H,21,24). The number of nitrogens with one attached hydrogen (secondary N) is 1. The van der Waals surface area contributed by atoms with E-state index in [0.717, 1.165) is 0 Å². The molecule has 0 aliphatic rings. The quantitative estimate of drug-likeness (QED) is 0.870. The SMILES string of the molecule is COc1ccc(N(CC(=O)Nc2ccc(C(C)C)cc2)C(C)=O)cc1. The first kappa shape index (κ1) is 18.5. The van der Waals surface area contributed by atoms with Gasteiger partial charge in [-0.2, -0.15) is 0 Å². The molecule has 2 aromatic rings. The molecular formula is C20H24N2O3. The number of carbonyl (C=O) groups is 2. The van der Waals surface area contributed by atoms with Crippen molar-refractivity contribution in [2.45, 2.75) is 26.7 Å². The Morgan fingerprint density at radius 3 is 2.12 bits per heavy atom. The number of hydrogen-bond donors (Lipinski definition) is 1. The Bertz CT molecular complexity index is 722. The lowest BCUT2D eigenvalue weighted by atomic mass is 10.0. The average molecular weight is 340 g/mol. The molecule has 0 aromatic heterocycles. The second kappa shape index (κ2) is 8.33. The van der Waals surface area contributed by atoms with Gasteiger partial charge in [0.05, 0.1) is 7.11 Å². The van der Waals surface area contributed by atoms with Crippen LogP contribution in [-0.4, -0.2) is 25.5 Å². The zero-order valence-corrected chi connectivity index (χ0v) is 15.1. The van der Waals surface area contributed by atoms with Crippen molar-refractivity contribution in [2.75, 3.05) is 23.9 Å². The highest BCUT2D eigenvalue weighted by atomic mass is 16.5. The van der Waals surface area contributed by atoms with Gasteiger partial charge in [-0.3, -0.25) is 9.59 Å². The Morgan fingerprint density at radius 1 is 1.04 bits per heavy atom. The van der Waals surface area contributed by atoms with Gasteiger partial charge in [0.25, 0.3) is 0 Å². The first-order valence-electron chi connectivity index (χ1n) is 8.22. The molecule has 0 atom stereocenters. The van der Waals surface area contributed by atoms with Crippen molar-refractivity contribution in [1.29, 1.82) is 0 Å². The summed E-state index contributed by atoms with van der Waals surface area (Å²) in [6.07, 6.45) is 0. The molecule has 0 fully saturated rings. The molecule has 0 saturated carbocycles. The Balaban J connectivity index is 2.05. The predicted octanol–water partition coefficient (Wildman–Crippen LogP) is 3.81. The minimum absolute atomic E-state index is 0.0480. The summed E-state index contributed by atoms with van der Waals surface area (Å²) in [6.45, 7) is 5.63. The van der Waals surface area contributed by atoms with Gasteiger partial charge in [-0.1, -0.05) is 26.0 Å². The highest BCUT2D eigenvalue weighted by molar-refractivity contribution is 6.01. The summed E-state index contributed by atoms with van der Waals surface area (Å²) in [7, 11) is 1.58. The summed E-state index contributed by atoms with van der Waals surface area (Å²) in [5.74, 6) is 0.689. The minimum atomic E-state index is -0.247. The van der Waals surface area contributed by atoms with Crippen molar-refractivity contribution in [2.24, 2.45) is 0 Å². The molecule has 5 heteroatoms. The molecule has 5 nitrogen and oxygen atoms in total. The molecule has 0 heterocycles. The second-order valence-electron chi connectivity index (χ2n) is 6.13. The van der Waals surface area contributed by atoms with Gasteiger partial charge >= 0.3 is 0 Å². The Morgan fingerprint density at radius 2 is 1.64 bits per heavy atom. The van der Waals surface area contributed by atoms with Crippen LogP contribution < -0.4 is 15.0 Å². The molecule has 0 aliphatic heterocycles. The molecule has 0 aliphatic carbocycles. The van der Waals surface area contributed by atoms with E-state index in [1.165, 1.54) is 17.4 Å². The number of anilines is 2. The third-order valence-corrected chi connectivity index (χ3v) is 3.93. The number of ether oxygens (including phenoxy) is 1. The molecule has 0 radical (unpaired) electrons. The lowest BCUT2D eigenvalue weighted by Crippen LogP contribution is -2.36. The maximum absolute atomic E-state index is 12.3. The summed E-state index contributed by atoms with van der Waals surface area (Å²) < 4.78 is 5.11. The lowest BCUT2D eigenvalue weighted by molar-refractivity contribution is -0.120. The first-order valence-corrected chi connectivity index (χ1v) is 8.22. The van der Waals surface area contributed by atoms with Crippen molar-refractivity contribution < 1.29 is 14.3 Å². The molecule has 0 unspecified atom stereocenters. The zero-order valence-electron chi connectivity index (χ0n) is 15.1. The fourth-order valence-corrected chi connectivity index (χ4v) is 2.44. The fraction of sp³-hybridized carbons (Fsp3) is 0.300. The third-order valence-electron chi connectivity index (χ3n) is 3.93. The number of methoxy groups -OCH3 is 1. The normalized spacial score (nSPS) is 10.4. The molecule has 25 heavy (non-hydrogen) atoms. The molecule has 0 bridgehead atoms. The number of amides is 2. The Kier molecular flexibility index (Phi) is 6.17. The number of carbonyl (C=O) groups excluding carboxylic acids is 2. The molecule has 1 N–H and O–H groups in total. The van der Waals surface area contributed by atoms with Crippen molar-refractivity contribution in [3.05, 3.63) is 54.1 Å². The van der Waals surface area contributed by atoms with Gasteiger partial charge in [0, 0.05) is 18.3 Å². The topological polar surface area (TPSA) is 58.6 Å². The predicted molar refractivity (Wildman–Crippen MR) is 100 cm³/mol. The smallest absolute Gasteiger partial charge is 0.244 e. The van der Waals surface area contributed by atoms with E-state index < -0.39 is 0 Å². The van der Waals surface area contributed by atoms with Crippen molar-refractivity contribution >= 4 is 23.2 Å². The Hall–Kier alpha value is -2.82. The molecule has 2 rings (SSSR count). The third kappa shape index (κ3) is 5.08. The fourth-order valence-electron chi connectivity index (χ4n) is 2.44. The number of rotatable bonds is 6. The maximum Gasteiger partial charge on any atom is 0.244 e. The zero-order chi connectivity index (χ0) is 18.4. The van der Waals surface area contributed by atoms with Crippen molar-refractivity contribution in [1.82, 2.24) is 0 Å². The van der Waals surface area contributed by atoms with Crippen LogP contribution in [0.5, 0.6) is 5.75 Å². The molecule has 0 saturated heterocycles. The monoisotopic (exact) mass is 340 g/mol. The highest BCUT2D eigenvalue weighted by Gasteiger charge is 2.16. The average Bonchev–Trinajstić information content (AvgIpc) is 2.60. The molecule has 0 spiro atoms. The minimum Gasteiger partial charge on any atom is -0.497 e. The van der Waals surface area contributed by atoms with E-state index in [2.05, 4.69) is 19.2 Å². The van der Waals surface area contributed by atoms with Gasteiger partial charge in [0.2, 0.25) is 11.8 Å². The summed E-state index contributed by atoms with van der Waals surface area (Å²) in [5.41, 5.74) is 2.58. The van der Waals surface area contributed by atoms with E-state index >= 15 is 0 Å². The van der Waals surface area contributed by atoms with Crippen LogP contribution in [-0.2, 0) is 9.59 Å². The van der Waals surface area contributed by atoms with Crippen LogP contribution in [0.1, 0.15) is 32.3 Å². The maximum atomic E-state index is 12.3. The van der Waals surface area contributed by atoms with Crippen LogP contribution in [0.15, 0.2) is 48.5 Å². The van der Waals surface area contributed by atoms with Crippen LogP contribution in [0.25, 0.3) is 0 Å². The van der Waals surface area contributed by atoms with Crippen LogP contribution in [0.3, 0.4) is 0 Å². The van der Waals surface area contributed by atoms with Crippen molar-refractivity contribution in [3.8, 4) is 5.75 Å². The number of benzene rings is 2. The first-order chi connectivity index (χ1) is 11.9. The van der Waals surface area contributed by atoms with E-state index in [4.69, 9.17) is 4.74 Å². The van der Waals surface area contributed by atoms with E-state index in [-0.39, 0.29) is 18.4 Å². The number of nitrogens with zero attached hydrogens (tertiary/aromatic N) is 1. The van der Waals surface area contributed by atoms with Crippen LogP contribution in [0.4, 0.5) is 11.4 Å². The highest BCUT2D eigenvalue weighted by Crippen LogP contribution is 2.20. The lowest BCUT2D eigenvalue weighted by Gasteiger charge is -2.21. The van der Waals surface area contributed by atoms with E-state index in [0.29, 0.717) is 23.0 Å². The van der Waals surface area contributed by atoms with Gasteiger partial charge < -0.3 is 15.0 Å². The molecular weight excluding hydrogens is 316 g/mol. The van der Waals surface area contributed by atoms with E-state index in [1.807, 2.05) is 24.3 Å². The summed E-state index contributed by atoms with van der Waals surface area (Å²) in [4.78, 5) is 25.7. The summed E-state index contributed by atoms with van der Waals surface area (Å²) >= 11 is 0. The van der Waals surface area contributed by atoms with Crippen LogP contribution >= 0.6 is 0 Å². The van der Waals surface area contributed by atoms with Gasteiger partial charge in [0.15, 0.2) is 0 Å². The molecule has 2 amide bonds. The largest absolute Gasteiger partial charge is 0.497 e. The van der Waals surface area contributed by atoms with Crippen molar-refractivity contribution in [3.63, 3.8) is 0 Å². The van der Waals surface area contributed by atoms with Crippen LogP contribution in [0.2, 0.25) is 0 Å². The van der Waals surface area contributed by atoms with E-state index in [1.54, 1.807) is 31.4 Å². The molecule has 132 valence electrons. The van der Waals surface area contributed by atoms with Crippen LogP contribution in [0, 0.1) is 0 Å². The number of hydrogen-bond acceptors (Lipinski definition) is 3. The second-order valence-corrected chi connectivity index (χ2v) is 6.13. The summed E-state index contributed by atoms with van der Waals surface area (Å²) in [5, 5.41) is 2.83. The van der Waals surface area contributed by atoms with E-state index in [9.17, 15) is 9.59 Å². The van der Waals surface area contributed by atoms with Gasteiger partial charge in [0.1, 0.15) is 12.3 Å². The van der Waals surface area contributed by atoms with Gasteiger partial charge in [-0.25, -0.2) is 0 Å².